The largest absolute Gasteiger partial charge is 0.299 e. The fourth-order valence-electron chi connectivity index (χ4n) is 4.41. The first-order valence-corrected chi connectivity index (χ1v) is 12.3. The maximum atomic E-state index is 4.38. The monoisotopic (exact) mass is 412 g/mol. The van der Waals surface area contributed by atoms with Crippen LogP contribution in [0.2, 0.25) is 0 Å². The number of aromatic amines is 1. The van der Waals surface area contributed by atoms with Gasteiger partial charge in [-0.25, -0.2) is 0 Å². The van der Waals surface area contributed by atoms with Crippen LogP contribution < -0.4 is 0 Å². The molecule has 0 bridgehead atoms. The van der Waals surface area contributed by atoms with Gasteiger partial charge in [0.05, 0.1) is 6.20 Å². The van der Waals surface area contributed by atoms with Crippen LogP contribution in [0.15, 0.2) is 24.4 Å². The van der Waals surface area contributed by atoms with Crippen molar-refractivity contribution >= 4 is 0 Å². The number of nitrogens with one attached hydrogen (secondary N) is 1. The number of unbranched alkanes of at least 4 members (excludes halogenated alkanes) is 2. The van der Waals surface area contributed by atoms with Crippen LogP contribution in [0.4, 0.5) is 0 Å². The maximum absolute atomic E-state index is 4.38. The summed E-state index contributed by atoms with van der Waals surface area (Å²) < 4.78 is 0. The summed E-state index contributed by atoms with van der Waals surface area (Å²) >= 11 is 0. The van der Waals surface area contributed by atoms with Crippen molar-refractivity contribution in [3.8, 4) is 11.3 Å². The van der Waals surface area contributed by atoms with Crippen LogP contribution in [0, 0.1) is 18.8 Å². The Bertz CT molecular complexity index is 677. The van der Waals surface area contributed by atoms with Gasteiger partial charge in [0.15, 0.2) is 0 Å². The van der Waals surface area contributed by atoms with Crippen LogP contribution in [0.25, 0.3) is 11.3 Å². The summed E-state index contributed by atoms with van der Waals surface area (Å²) in [6.45, 7) is 14.9. The lowest BCUT2D eigenvalue weighted by Gasteiger charge is -2.31. The Morgan fingerprint density at radius 3 is 2.07 bits per heavy atom. The second kappa shape index (κ2) is 13.6. The average molecular weight is 413 g/mol. The van der Waals surface area contributed by atoms with Crippen LogP contribution in [0.3, 0.4) is 0 Å². The van der Waals surface area contributed by atoms with Gasteiger partial charge < -0.3 is 0 Å². The second-order valence-corrected chi connectivity index (χ2v) is 9.04. The Kier molecular flexibility index (Phi) is 11.1. The number of hydrogen-bond donors (Lipinski definition) is 1. The molecule has 30 heavy (non-hydrogen) atoms. The van der Waals surface area contributed by atoms with E-state index in [4.69, 9.17) is 0 Å². The zero-order valence-electron chi connectivity index (χ0n) is 20.1. The summed E-state index contributed by atoms with van der Waals surface area (Å²) in [7, 11) is 0. The summed E-state index contributed by atoms with van der Waals surface area (Å²) in [5.74, 6) is 1.57. The predicted octanol–water partition coefficient (Wildman–Crippen LogP) is 7.01. The van der Waals surface area contributed by atoms with E-state index >= 15 is 0 Å². The molecule has 0 radical (unpaired) electrons. The van der Waals surface area contributed by atoms with Crippen molar-refractivity contribution in [2.45, 2.75) is 92.5 Å². The number of aryl methyl sites for hydroxylation is 1. The molecular formula is C26H44N4. The lowest BCUT2D eigenvalue weighted by atomic mass is 9.94. The van der Waals surface area contributed by atoms with Gasteiger partial charge in [-0.05, 0) is 43.2 Å². The highest BCUT2D eigenvalue weighted by Crippen LogP contribution is 2.26. The fourth-order valence-corrected chi connectivity index (χ4v) is 4.41. The van der Waals surface area contributed by atoms with Crippen molar-refractivity contribution < 1.29 is 0 Å². The van der Waals surface area contributed by atoms with Gasteiger partial charge in [-0.15, -0.1) is 0 Å². The summed E-state index contributed by atoms with van der Waals surface area (Å²) in [5.41, 5.74) is 4.80. The molecule has 0 saturated heterocycles. The summed E-state index contributed by atoms with van der Waals surface area (Å²) in [6.07, 6.45) is 12.3. The molecule has 0 aliphatic carbocycles. The minimum Gasteiger partial charge on any atom is -0.299 e. The van der Waals surface area contributed by atoms with Crippen molar-refractivity contribution in [2.24, 2.45) is 11.8 Å². The number of nitrogens with zero attached hydrogens (tertiary/aromatic N) is 3. The topological polar surface area (TPSA) is 44.8 Å². The van der Waals surface area contributed by atoms with E-state index < -0.39 is 0 Å². The third-order valence-corrected chi connectivity index (χ3v) is 6.47. The van der Waals surface area contributed by atoms with E-state index in [1.165, 1.54) is 81.1 Å². The quantitative estimate of drug-likeness (QED) is 0.342. The summed E-state index contributed by atoms with van der Waals surface area (Å²) in [4.78, 5) is 2.74. The first kappa shape index (κ1) is 24.6. The van der Waals surface area contributed by atoms with Crippen LogP contribution in [0.5, 0.6) is 0 Å². The van der Waals surface area contributed by atoms with E-state index in [1.54, 1.807) is 0 Å². The fraction of sp³-hybridized carbons (Fsp3) is 0.692. The van der Waals surface area contributed by atoms with Crippen LogP contribution >= 0.6 is 0 Å². The Balaban J connectivity index is 2.23. The van der Waals surface area contributed by atoms with Gasteiger partial charge in [0, 0.05) is 25.2 Å². The summed E-state index contributed by atoms with van der Waals surface area (Å²) in [5, 5.41) is 11.2. The number of hydrogen-bond acceptors (Lipinski definition) is 3. The molecule has 0 spiro atoms. The first-order valence-electron chi connectivity index (χ1n) is 12.3. The number of benzene rings is 1. The lowest BCUT2D eigenvalue weighted by Crippen LogP contribution is -2.34. The van der Waals surface area contributed by atoms with Gasteiger partial charge in [-0.3, -0.25) is 4.90 Å². The van der Waals surface area contributed by atoms with Crippen LogP contribution in [-0.4, -0.2) is 33.4 Å². The van der Waals surface area contributed by atoms with E-state index in [0.29, 0.717) is 0 Å². The van der Waals surface area contributed by atoms with Crippen molar-refractivity contribution in [3.63, 3.8) is 0 Å². The molecule has 1 N–H and O–H groups in total. The minimum absolute atomic E-state index is 0.787. The zero-order chi connectivity index (χ0) is 21.8. The highest BCUT2D eigenvalue weighted by Gasteiger charge is 2.19. The first-order chi connectivity index (χ1) is 14.6. The molecule has 2 rings (SSSR count). The van der Waals surface area contributed by atoms with Crippen molar-refractivity contribution in [1.29, 1.82) is 0 Å². The Morgan fingerprint density at radius 2 is 1.57 bits per heavy atom. The SMILES string of the molecule is CCCCC(CC)CN(Cc1ccc(C)cc1-c1cn[nH]n1)CC(CC)CCCC. The number of rotatable bonds is 15. The van der Waals surface area contributed by atoms with E-state index in [9.17, 15) is 0 Å². The number of H-pyrrole nitrogens is 1. The molecule has 0 aliphatic heterocycles. The average Bonchev–Trinajstić information content (AvgIpc) is 3.29. The van der Waals surface area contributed by atoms with Crippen molar-refractivity contribution in [1.82, 2.24) is 20.3 Å². The third kappa shape index (κ3) is 7.86. The van der Waals surface area contributed by atoms with Gasteiger partial charge in [-0.2, -0.15) is 15.4 Å². The number of aromatic nitrogens is 3. The molecule has 2 atom stereocenters. The normalized spacial score (nSPS) is 13.7. The molecule has 0 saturated carbocycles. The Labute approximate surface area is 184 Å². The van der Waals surface area contributed by atoms with Crippen LogP contribution in [-0.2, 0) is 6.54 Å². The van der Waals surface area contributed by atoms with E-state index in [1.807, 2.05) is 6.20 Å². The summed E-state index contributed by atoms with van der Waals surface area (Å²) in [6, 6.07) is 6.79. The van der Waals surface area contributed by atoms with Crippen molar-refractivity contribution in [2.75, 3.05) is 13.1 Å². The molecule has 0 aliphatic rings. The standard InChI is InChI=1S/C26H44N4/c1-6-10-12-22(8-3)18-30(19-23(9-4)13-11-7-2)20-24-15-14-21(5)16-25(24)26-17-27-29-28-26/h14-17,22-23H,6-13,18-20H2,1-5H3,(H,27,28,29). The molecule has 0 amide bonds. The van der Waals surface area contributed by atoms with E-state index in [-0.39, 0.29) is 0 Å². The van der Waals surface area contributed by atoms with Gasteiger partial charge in [0.2, 0.25) is 0 Å². The molecule has 1 aromatic heterocycles. The third-order valence-electron chi connectivity index (χ3n) is 6.47. The zero-order valence-corrected chi connectivity index (χ0v) is 20.1. The highest BCUT2D eigenvalue weighted by molar-refractivity contribution is 5.63. The molecule has 0 fully saturated rings. The lowest BCUT2D eigenvalue weighted by molar-refractivity contribution is 0.174. The second-order valence-electron chi connectivity index (χ2n) is 9.04. The molecule has 4 heteroatoms. The van der Waals surface area contributed by atoms with Gasteiger partial charge >= 0.3 is 0 Å². The van der Waals surface area contributed by atoms with Gasteiger partial charge in [-0.1, -0.05) is 83.9 Å². The predicted molar refractivity (Wildman–Crippen MR) is 128 cm³/mol. The molecule has 168 valence electrons. The smallest absolute Gasteiger partial charge is 0.113 e. The molecule has 1 heterocycles. The van der Waals surface area contributed by atoms with Gasteiger partial charge in [0.1, 0.15) is 5.69 Å². The highest BCUT2D eigenvalue weighted by atomic mass is 15.3. The van der Waals surface area contributed by atoms with E-state index in [0.717, 1.165) is 24.1 Å². The maximum Gasteiger partial charge on any atom is 0.113 e. The Morgan fingerprint density at radius 1 is 0.933 bits per heavy atom. The molecule has 4 nitrogen and oxygen atoms in total. The van der Waals surface area contributed by atoms with Gasteiger partial charge in [0.25, 0.3) is 0 Å². The molecular weight excluding hydrogens is 368 g/mol. The minimum atomic E-state index is 0.787. The van der Waals surface area contributed by atoms with E-state index in [2.05, 4.69) is 73.1 Å². The van der Waals surface area contributed by atoms with Crippen LogP contribution in [0.1, 0.15) is 90.2 Å². The molecule has 1 aromatic carbocycles. The van der Waals surface area contributed by atoms with Crippen molar-refractivity contribution in [3.05, 3.63) is 35.5 Å². The molecule has 2 unspecified atom stereocenters. The Hall–Kier alpha value is -1.68. The molecule has 2 aromatic rings.